The third kappa shape index (κ3) is 1.18. The fraction of sp³-hybridized carbons (Fsp3) is 0.200. The van der Waals surface area contributed by atoms with Gasteiger partial charge in [0.2, 0.25) is 0 Å². The van der Waals surface area contributed by atoms with Crippen molar-refractivity contribution in [1.29, 1.82) is 0 Å². The molecule has 0 radical (unpaired) electrons. The molecule has 8 heavy (non-hydrogen) atoms. The quantitative estimate of drug-likeness (QED) is 0.489. The molecule has 0 aromatic heterocycles. The Morgan fingerprint density at radius 2 is 2.62 bits per heavy atom. The number of hydrogen-bond acceptors (Lipinski definition) is 1. The predicted molar refractivity (Wildman–Crippen MR) is 30.8 cm³/mol. The number of carbonyl (C=O) groups is 1. The number of hydrogen-bond donors (Lipinski definition) is 1. The van der Waals surface area contributed by atoms with Crippen LogP contribution in [0.2, 0.25) is 0 Å². The number of rotatable bonds is 0. The third-order valence-electron chi connectivity index (χ3n) is 0.775. The number of aliphatic imine (C=N–C) groups is 1. The molecule has 42 valence electrons. The maximum Gasteiger partial charge on any atom is 0.344 e. The molecule has 0 fully saturated rings. The molecule has 0 bridgehead atoms. The molecule has 1 heterocycles. The van der Waals surface area contributed by atoms with Crippen LogP contribution in [0.15, 0.2) is 17.3 Å². The van der Waals surface area contributed by atoms with Crippen molar-refractivity contribution >= 4 is 12.2 Å². The van der Waals surface area contributed by atoms with E-state index in [0.29, 0.717) is 0 Å². The summed E-state index contributed by atoms with van der Waals surface area (Å²) in [5.74, 6) is 0. The fourth-order valence-corrected chi connectivity index (χ4v) is 0.432. The predicted octanol–water partition coefficient (Wildman–Crippen LogP) is 0.684. The van der Waals surface area contributed by atoms with Gasteiger partial charge in [-0.15, -0.1) is 0 Å². The van der Waals surface area contributed by atoms with Crippen LogP contribution in [0, 0.1) is 0 Å². The summed E-state index contributed by atoms with van der Waals surface area (Å²) in [6, 6.07) is -0.293. The molecule has 1 aliphatic rings. The molecule has 3 heteroatoms. The van der Waals surface area contributed by atoms with Gasteiger partial charge in [-0.3, -0.25) is 0 Å². The second-order valence-electron chi connectivity index (χ2n) is 1.40. The van der Waals surface area contributed by atoms with Crippen molar-refractivity contribution in [2.45, 2.75) is 6.42 Å². The fourth-order valence-electron chi connectivity index (χ4n) is 0.432. The van der Waals surface area contributed by atoms with E-state index in [1.165, 1.54) is 0 Å². The SMILES string of the molecule is O=C1N=CCC=CN1. The van der Waals surface area contributed by atoms with Gasteiger partial charge in [0.25, 0.3) is 0 Å². The molecular weight excluding hydrogens is 104 g/mol. The Balaban J connectivity index is 2.61. The van der Waals surface area contributed by atoms with E-state index in [1.807, 2.05) is 6.08 Å². The van der Waals surface area contributed by atoms with E-state index in [-0.39, 0.29) is 6.03 Å². The number of nitrogens with one attached hydrogen (secondary N) is 1. The van der Waals surface area contributed by atoms with Crippen molar-refractivity contribution in [3.05, 3.63) is 12.3 Å². The number of allylic oxidation sites excluding steroid dienone is 1. The van der Waals surface area contributed by atoms with Crippen molar-refractivity contribution in [3.8, 4) is 0 Å². The Labute approximate surface area is 47.1 Å². The monoisotopic (exact) mass is 110 g/mol. The van der Waals surface area contributed by atoms with E-state index >= 15 is 0 Å². The molecule has 0 unspecified atom stereocenters. The molecule has 0 aromatic carbocycles. The molecule has 0 aliphatic carbocycles. The second-order valence-corrected chi connectivity index (χ2v) is 1.40. The normalized spacial score (nSPS) is 17.8. The Morgan fingerprint density at radius 1 is 1.75 bits per heavy atom. The van der Waals surface area contributed by atoms with Crippen LogP contribution in [-0.4, -0.2) is 12.2 Å². The van der Waals surface area contributed by atoms with Gasteiger partial charge in [-0.05, 0) is 0 Å². The molecule has 0 saturated heterocycles. The van der Waals surface area contributed by atoms with Crippen LogP contribution in [0.5, 0.6) is 0 Å². The number of urea groups is 1. The van der Waals surface area contributed by atoms with Crippen LogP contribution in [0.4, 0.5) is 4.79 Å². The number of carbonyl (C=O) groups excluding carboxylic acids is 1. The average molecular weight is 110 g/mol. The lowest BCUT2D eigenvalue weighted by Gasteiger charge is -1.84. The minimum Gasteiger partial charge on any atom is -0.313 e. The van der Waals surface area contributed by atoms with Crippen molar-refractivity contribution in [3.63, 3.8) is 0 Å². The van der Waals surface area contributed by atoms with Crippen LogP contribution in [0.1, 0.15) is 6.42 Å². The van der Waals surface area contributed by atoms with E-state index in [0.717, 1.165) is 6.42 Å². The van der Waals surface area contributed by atoms with Gasteiger partial charge in [-0.2, -0.15) is 0 Å². The maximum absolute atomic E-state index is 10.3. The van der Waals surface area contributed by atoms with Crippen molar-refractivity contribution < 1.29 is 4.79 Å². The lowest BCUT2D eigenvalue weighted by atomic mass is 10.5. The van der Waals surface area contributed by atoms with Gasteiger partial charge >= 0.3 is 6.03 Å². The second kappa shape index (κ2) is 2.26. The standard InChI is InChI=1S/C5H6N2O/c8-5-6-3-1-2-4-7-5/h1,3-4H,2H2,(H,6,8). The first-order chi connectivity index (χ1) is 3.89. The molecule has 0 spiro atoms. The summed E-state index contributed by atoms with van der Waals surface area (Å²) < 4.78 is 0. The zero-order valence-corrected chi connectivity index (χ0v) is 4.29. The summed E-state index contributed by atoms with van der Waals surface area (Å²) in [5.41, 5.74) is 0. The summed E-state index contributed by atoms with van der Waals surface area (Å²) in [6.07, 6.45) is 5.72. The Bertz CT molecular complexity index is 149. The van der Waals surface area contributed by atoms with Crippen molar-refractivity contribution in [2.75, 3.05) is 0 Å². The Kier molecular flexibility index (Phi) is 1.42. The lowest BCUT2D eigenvalue weighted by Crippen LogP contribution is -2.09. The highest BCUT2D eigenvalue weighted by molar-refractivity contribution is 5.85. The molecular formula is C5H6N2O. The van der Waals surface area contributed by atoms with E-state index in [2.05, 4.69) is 10.3 Å². The number of amides is 2. The zero-order chi connectivity index (χ0) is 5.82. The minimum absolute atomic E-state index is 0.293. The molecule has 2 amide bonds. The maximum atomic E-state index is 10.3. The average Bonchev–Trinajstić information content (AvgIpc) is 1.94. The molecule has 1 N–H and O–H groups in total. The van der Waals surface area contributed by atoms with Crippen LogP contribution in [0.3, 0.4) is 0 Å². The first-order valence-corrected chi connectivity index (χ1v) is 2.37. The summed E-state index contributed by atoms with van der Waals surface area (Å²) >= 11 is 0. The summed E-state index contributed by atoms with van der Waals surface area (Å²) in [4.78, 5) is 13.8. The van der Waals surface area contributed by atoms with Crippen LogP contribution < -0.4 is 5.32 Å². The van der Waals surface area contributed by atoms with Crippen LogP contribution >= 0.6 is 0 Å². The minimum atomic E-state index is -0.293. The van der Waals surface area contributed by atoms with Gasteiger partial charge in [-0.25, -0.2) is 9.79 Å². The van der Waals surface area contributed by atoms with Gasteiger partial charge in [0.15, 0.2) is 0 Å². The van der Waals surface area contributed by atoms with E-state index in [9.17, 15) is 4.79 Å². The first-order valence-electron chi connectivity index (χ1n) is 2.37. The molecule has 0 aromatic rings. The van der Waals surface area contributed by atoms with Gasteiger partial charge in [0, 0.05) is 18.8 Å². The highest BCUT2D eigenvalue weighted by atomic mass is 16.2. The molecule has 1 rings (SSSR count). The summed E-state index contributed by atoms with van der Waals surface area (Å²) in [5, 5.41) is 2.43. The molecule has 1 aliphatic heterocycles. The van der Waals surface area contributed by atoms with Gasteiger partial charge in [-0.1, -0.05) is 6.08 Å². The largest absolute Gasteiger partial charge is 0.344 e. The third-order valence-corrected chi connectivity index (χ3v) is 0.775. The van der Waals surface area contributed by atoms with Gasteiger partial charge in [0.05, 0.1) is 0 Å². The van der Waals surface area contributed by atoms with E-state index in [1.54, 1.807) is 12.4 Å². The van der Waals surface area contributed by atoms with E-state index < -0.39 is 0 Å². The highest BCUT2D eigenvalue weighted by Gasteiger charge is 1.91. The summed E-state index contributed by atoms with van der Waals surface area (Å²) in [7, 11) is 0. The Morgan fingerprint density at radius 3 is 3.50 bits per heavy atom. The van der Waals surface area contributed by atoms with Gasteiger partial charge < -0.3 is 5.32 Å². The molecule has 0 atom stereocenters. The van der Waals surface area contributed by atoms with Crippen molar-refractivity contribution in [1.82, 2.24) is 5.32 Å². The zero-order valence-electron chi connectivity index (χ0n) is 4.29. The lowest BCUT2D eigenvalue weighted by molar-refractivity contribution is 0.252. The van der Waals surface area contributed by atoms with Crippen molar-refractivity contribution in [2.24, 2.45) is 4.99 Å². The smallest absolute Gasteiger partial charge is 0.313 e. The van der Waals surface area contributed by atoms with E-state index in [4.69, 9.17) is 0 Å². The highest BCUT2D eigenvalue weighted by Crippen LogP contribution is 1.83. The first kappa shape index (κ1) is 5.03. The van der Waals surface area contributed by atoms with Gasteiger partial charge in [0.1, 0.15) is 0 Å². The van der Waals surface area contributed by atoms with Crippen LogP contribution in [-0.2, 0) is 0 Å². The topological polar surface area (TPSA) is 41.5 Å². The van der Waals surface area contributed by atoms with Crippen LogP contribution in [0.25, 0.3) is 0 Å². The summed E-state index contributed by atoms with van der Waals surface area (Å²) in [6.45, 7) is 0. The Hall–Kier alpha value is -1.12. The number of nitrogens with zero attached hydrogens (tertiary/aromatic N) is 1. The molecule has 0 saturated carbocycles. The molecule has 3 nitrogen and oxygen atoms in total.